The van der Waals surface area contributed by atoms with Gasteiger partial charge in [0.25, 0.3) is 0 Å². The first-order chi connectivity index (χ1) is 7.72. The lowest BCUT2D eigenvalue weighted by Crippen LogP contribution is -2.02. The zero-order valence-electron chi connectivity index (χ0n) is 9.86. The van der Waals surface area contributed by atoms with E-state index >= 15 is 0 Å². The third-order valence-corrected chi connectivity index (χ3v) is 2.08. The maximum atomic E-state index is 10.8. The van der Waals surface area contributed by atoms with E-state index in [0.717, 1.165) is 12.2 Å². The summed E-state index contributed by atoms with van der Waals surface area (Å²) in [6.45, 7) is 4.24. The van der Waals surface area contributed by atoms with Crippen molar-refractivity contribution in [1.29, 1.82) is 0 Å². The first-order valence-corrected chi connectivity index (χ1v) is 5.63. The molecule has 0 fully saturated rings. The average molecular weight is 222 g/mol. The fourth-order valence-electron chi connectivity index (χ4n) is 1.34. The second-order valence-corrected chi connectivity index (χ2v) is 3.62. The molecule has 0 aliphatic rings. The van der Waals surface area contributed by atoms with E-state index in [4.69, 9.17) is 9.47 Å². The molecule has 0 spiro atoms. The average Bonchev–Trinajstić information content (AvgIpc) is 2.24. The molecule has 0 saturated carbocycles. The molecular weight excluding hydrogens is 204 g/mol. The highest BCUT2D eigenvalue weighted by Crippen LogP contribution is 2.19. The maximum absolute atomic E-state index is 10.8. The van der Waals surface area contributed by atoms with Crippen LogP contribution < -0.4 is 9.47 Å². The van der Waals surface area contributed by atoms with Crippen LogP contribution in [0.25, 0.3) is 0 Å². The Labute approximate surface area is 96.4 Å². The zero-order chi connectivity index (χ0) is 11.8. The van der Waals surface area contributed by atoms with Crippen LogP contribution in [0.3, 0.4) is 0 Å². The van der Waals surface area contributed by atoms with Crippen molar-refractivity contribution in [2.24, 2.45) is 0 Å². The van der Waals surface area contributed by atoms with Crippen molar-refractivity contribution < 1.29 is 14.3 Å². The topological polar surface area (TPSA) is 35.5 Å². The van der Waals surface area contributed by atoms with Crippen molar-refractivity contribution in [3.63, 3.8) is 0 Å². The summed E-state index contributed by atoms with van der Waals surface area (Å²) in [6.07, 6.45) is 3.40. The number of carbonyl (C=O) groups excluding carboxylic acids is 1. The Morgan fingerprint density at radius 1 is 1.25 bits per heavy atom. The summed E-state index contributed by atoms with van der Waals surface area (Å²) in [4.78, 5) is 10.8. The fourth-order valence-corrected chi connectivity index (χ4v) is 1.34. The second kappa shape index (κ2) is 6.88. The number of unbranched alkanes of at least 4 members (excludes halogenated alkanes) is 2. The van der Waals surface area contributed by atoms with Gasteiger partial charge >= 0.3 is 5.97 Å². The number of hydrogen-bond donors (Lipinski definition) is 0. The molecule has 1 rings (SSSR count). The van der Waals surface area contributed by atoms with E-state index in [1.807, 2.05) is 12.1 Å². The number of benzene rings is 1. The third-order valence-electron chi connectivity index (χ3n) is 2.08. The molecule has 0 heterocycles. The van der Waals surface area contributed by atoms with Crippen molar-refractivity contribution in [2.45, 2.75) is 33.1 Å². The van der Waals surface area contributed by atoms with E-state index in [9.17, 15) is 4.79 Å². The van der Waals surface area contributed by atoms with Crippen molar-refractivity contribution in [1.82, 2.24) is 0 Å². The summed E-state index contributed by atoms with van der Waals surface area (Å²) in [5.41, 5.74) is 0. The fraction of sp³-hybridized carbons (Fsp3) is 0.462. The predicted octanol–water partition coefficient (Wildman–Crippen LogP) is 3.18. The first kappa shape index (κ1) is 12.6. The van der Waals surface area contributed by atoms with Crippen LogP contribution in [0, 0.1) is 0 Å². The summed E-state index contributed by atoms with van der Waals surface area (Å²) in [5.74, 6) is 0.957. The second-order valence-electron chi connectivity index (χ2n) is 3.62. The van der Waals surface area contributed by atoms with Gasteiger partial charge < -0.3 is 9.47 Å². The highest BCUT2D eigenvalue weighted by atomic mass is 16.5. The van der Waals surface area contributed by atoms with E-state index in [-0.39, 0.29) is 5.97 Å². The van der Waals surface area contributed by atoms with Crippen molar-refractivity contribution >= 4 is 5.97 Å². The summed E-state index contributed by atoms with van der Waals surface area (Å²) in [7, 11) is 0. The van der Waals surface area contributed by atoms with Gasteiger partial charge in [-0.05, 0) is 18.6 Å². The Bertz CT molecular complexity index is 334. The lowest BCUT2D eigenvalue weighted by Gasteiger charge is -2.07. The van der Waals surface area contributed by atoms with E-state index in [0.29, 0.717) is 12.4 Å². The lowest BCUT2D eigenvalue weighted by atomic mass is 10.3. The first-order valence-electron chi connectivity index (χ1n) is 5.63. The minimum atomic E-state index is -0.317. The molecule has 0 radical (unpaired) electrons. The van der Waals surface area contributed by atoms with Crippen LogP contribution in [-0.2, 0) is 4.79 Å². The van der Waals surface area contributed by atoms with Crippen LogP contribution in [-0.4, -0.2) is 12.6 Å². The van der Waals surface area contributed by atoms with E-state index in [1.54, 1.807) is 12.1 Å². The summed E-state index contributed by atoms with van der Waals surface area (Å²) in [5, 5.41) is 0. The maximum Gasteiger partial charge on any atom is 0.308 e. The molecule has 1 aromatic carbocycles. The van der Waals surface area contributed by atoms with Gasteiger partial charge in [-0.15, -0.1) is 0 Å². The molecule has 0 aliphatic carbocycles. The molecule has 3 heteroatoms. The van der Waals surface area contributed by atoms with Crippen LogP contribution in [0.1, 0.15) is 33.1 Å². The highest BCUT2D eigenvalue weighted by molar-refractivity contribution is 5.69. The monoisotopic (exact) mass is 222 g/mol. The van der Waals surface area contributed by atoms with E-state index < -0.39 is 0 Å². The Morgan fingerprint density at radius 2 is 2.00 bits per heavy atom. The molecular formula is C13H18O3. The van der Waals surface area contributed by atoms with Crippen molar-refractivity contribution in [3.8, 4) is 11.5 Å². The molecule has 1 aromatic rings. The molecule has 0 saturated heterocycles. The zero-order valence-corrected chi connectivity index (χ0v) is 9.86. The van der Waals surface area contributed by atoms with Gasteiger partial charge in [0.1, 0.15) is 11.5 Å². The predicted molar refractivity (Wildman–Crippen MR) is 62.8 cm³/mol. The van der Waals surface area contributed by atoms with Crippen LogP contribution in [0.2, 0.25) is 0 Å². The van der Waals surface area contributed by atoms with E-state index in [2.05, 4.69) is 6.92 Å². The minimum Gasteiger partial charge on any atom is -0.493 e. The largest absolute Gasteiger partial charge is 0.493 e. The quantitative estimate of drug-likeness (QED) is 0.421. The molecule has 0 atom stereocenters. The van der Waals surface area contributed by atoms with Crippen LogP contribution in [0.15, 0.2) is 24.3 Å². The van der Waals surface area contributed by atoms with E-state index in [1.165, 1.54) is 19.8 Å². The molecule has 88 valence electrons. The van der Waals surface area contributed by atoms with Gasteiger partial charge in [0.2, 0.25) is 0 Å². The van der Waals surface area contributed by atoms with Gasteiger partial charge in [0.15, 0.2) is 0 Å². The van der Waals surface area contributed by atoms with Gasteiger partial charge in [-0.1, -0.05) is 25.8 Å². The molecule has 0 N–H and O–H groups in total. The normalized spacial score (nSPS) is 9.88. The van der Waals surface area contributed by atoms with Crippen LogP contribution in [0.5, 0.6) is 11.5 Å². The Morgan fingerprint density at radius 3 is 2.69 bits per heavy atom. The lowest BCUT2D eigenvalue weighted by molar-refractivity contribution is -0.131. The summed E-state index contributed by atoms with van der Waals surface area (Å²) >= 11 is 0. The Hall–Kier alpha value is -1.51. The molecule has 0 amide bonds. The number of rotatable bonds is 6. The van der Waals surface area contributed by atoms with Gasteiger partial charge in [0.05, 0.1) is 6.61 Å². The van der Waals surface area contributed by atoms with Crippen LogP contribution >= 0.6 is 0 Å². The number of carbonyl (C=O) groups is 1. The van der Waals surface area contributed by atoms with Gasteiger partial charge in [-0.3, -0.25) is 4.79 Å². The third kappa shape index (κ3) is 4.82. The Balaban J connectivity index is 2.44. The van der Waals surface area contributed by atoms with Crippen molar-refractivity contribution in [2.75, 3.05) is 6.61 Å². The summed E-state index contributed by atoms with van der Waals surface area (Å²) < 4.78 is 10.5. The smallest absolute Gasteiger partial charge is 0.308 e. The number of ether oxygens (including phenoxy) is 2. The van der Waals surface area contributed by atoms with Gasteiger partial charge in [-0.25, -0.2) is 0 Å². The minimum absolute atomic E-state index is 0.317. The summed E-state index contributed by atoms with van der Waals surface area (Å²) in [6, 6.07) is 7.14. The van der Waals surface area contributed by atoms with Gasteiger partial charge in [0, 0.05) is 13.0 Å². The molecule has 0 unspecified atom stereocenters. The van der Waals surface area contributed by atoms with Crippen LogP contribution in [0.4, 0.5) is 0 Å². The molecule has 3 nitrogen and oxygen atoms in total. The number of esters is 1. The molecule has 0 bridgehead atoms. The molecule has 0 aromatic heterocycles. The standard InChI is InChI=1S/C13H18O3/c1-3-4-5-9-15-12-7-6-8-13(10-12)16-11(2)14/h6-8,10H,3-5,9H2,1-2H3. The SMILES string of the molecule is CCCCCOc1cccc(OC(C)=O)c1. The number of hydrogen-bond acceptors (Lipinski definition) is 3. The molecule has 0 aliphatic heterocycles. The molecule has 16 heavy (non-hydrogen) atoms. The Kier molecular flexibility index (Phi) is 5.40. The van der Waals surface area contributed by atoms with Gasteiger partial charge in [-0.2, -0.15) is 0 Å². The highest BCUT2D eigenvalue weighted by Gasteiger charge is 2.00. The van der Waals surface area contributed by atoms with Crippen molar-refractivity contribution in [3.05, 3.63) is 24.3 Å².